The Bertz CT molecular complexity index is 130. The van der Waals surface area contributed by atoms with Crippen LogP contribution in [0, 0.1) is 0 Å². The quantitative estimate of drug-likeness (QED) is 0.631. The first-order valence-electron chi connectivity index (χ1n) is 6.30. The lowest BCUT2D eigenvalue weighted by molar-refractivity contribution is -0.721. The van der Waals surface area contributed by atoms with Gasteiger partial charge in [0.25, 0.3) is 0 Å². The van der Waals surface area contributed by atoms with Crippen LogP contribution in [0.2, 0.25) is 0 Å². The van der Waals surface area contributed by atoms with E-state index >= 15 is 0 Å². The first kappa shape index (κ1) is 9.51. The summed E-state index contributed by atoms with van der Waals surface area (Å²) in [5.74, 6) is 0. The molecule has 0 aromatic rings. The van der Waals surface area contributed by atoms with E-state index in [9.17, 15) is 0 Å². The second-order valence-corrected chi connectivity index (χ2v) is 4.99. The summed E-state index contributed by atoms with van der Waals surface area (Å²) in [5, 5.41) is 2.72. The van der Waals surface area contributed by atoms with Crippen molar-refractivity contribution in [3.8, 4) is 0 Å². The molecular weight excluding hydrogens is 158 g/mol. The summed E-state index contributed by atoms with van der Waals surface area (Å²) in [6.07, 6.45) is 15.0. The third-order valence-electron chi connectivity index (χ3n) is 3.84. The van der Waals surface area contributed by atoms with Crippen LogP contribution in [0.3, 0.4) is 0 Å². The second kappa shape index (κ2) is 4.99. The van der Waals surface area contributed by atoms with Crippen molar-refractivity contribution < 1.29 is 5.32 Å². The van der Waals surface area contributed by atoms with Crippen LogP contribution in [-0.2, 0) is 0 Å². The highest BCUT2D eigenvalue weighted by Crippen LogP contribution is 2.18. The van der Waals surface area contributed by atoms with E-state index in [1.807, 2.05) is 0 Å². The lowest BCUT2D eigenvalue weighted by Gasteiger charge is -2.17. The Hall–Kier alpha value is -0.0400. The van der Waals surface area contributed by atoms with Crippen molar-refractivity contribution in [3.63, 3.8) is 0 Å². The molecule has 0 aliphatic heterocycles. The molecule has 0 unspecified atom stereocenters. The third kappa shape index (κ3) is 2.98. The molecule has 2 aliphatic rings. The van der Waals surface area contributed by atoms with E-state index in [2.05, 4.69) is 5.32 Å². The maximum atomic E-state index is 2.72. The van der Waals surface area contributed by atoms with Gasteiger partial charge in [0.2, 0.25) is 0 Å². The highest BCUT2D eigenvalue weighted by molar-refractivity contribution is 4.67. The molecule has 2 fully saturated rings. The fraction of sp³-hybridized carbons (Fsp3) is 1.00. The normalized spacial score (nSPS) is 27.7. The number of rotatable bonds is 2. The van der Waals surface area contributed by atoms with Crippen LogP contribution in [0.15, 0.2) is 0 Å². The van der Waals surface area contributed by atoms with E-state index in [0.717, 1.165) is 12.1 Å². The predicted octanol–water partition coefficient (Wildman–Crippen LogP) is 2.22. The summed E-state index contributed by atoms with van der Waals surface area (Å²) in [4.78, 5) is 0. The van der Waals surface area contributed by atoms with Gasteiger partial charge in [-0.1, -0.05) is 12.8 Å². The molecule has 2 rings (SSSR count). The Morgan fingerprint density at radius 3 is 1.38 bits per heavy atom. The van der Waals surface area contributed by atoms with E-state index < -0.39 is 0 Å². The Labute approximate surface area is 82.3 Å². The minimum absolute atomic E-state index is 0.991. The number of hydrogen-bond donors (Lipinski definition) is 1. The van der Waals surface area contributed by atoms with Crippen molar-refractivity contribution in [2.45, 2.75) is 76.3 Å². The molecule has 2 saturated carbocycles. The van der Waals surface area contributed by atoms with Gasteiger partial charge in [0.05, 0.1) is 12.1 Å². The Morgan fingerprint density at radius 2 is 0.923 bits per heavy atom. The lowest BCUT2D eigenvalue weighted by Crippen LogP contribution is -2.94. The molecule has 0 saturated heterocycles. The van der Waals surface area contributed by atoms with Gasteiger partial charge in [0.1, 0.15) is 0 Å². The summed E-state index contributed by atoms with van der Waals surface area (Å²) in [6.45, 7) is 0. The zero-order valence-corrected chi connectivity index (χ0v) is 8.80. The lowest BCUT2D eigenvalue weighted by atomic mass is 10.1. The molecule has 0 aromatic heterocycles. The molecule has 2 aliphatic carbocycles. The summed E-state index contributed by atoms with van der Waals surface area (Å²) in [6, 6.07) is 1.99. The zero-order valence-electron chi connectivity index (χ0n) is 8.80. The van der Waals surface area contributed by atoms with Crippen LogP contribution < -0.4 is 5.32 Å². The molecule has 13 heavy (non-hydrogen) atoms. The van der Waals surface area contributed by atoms with Gasteiger partial charge in [-0.3, -0.25) is 0 Å². The first-order valence-corrected chi connectivity index (χ1v) is 6.30. The summed E-state index contributed by atoms with van der Waals surface area (Å²) >= 11 is 0. The van der Waals surface area contributed by atoms with Gasteiger partial charge in [-0.05, 0) is 51.4 Å². The van der Waals surface area contributed by atoms with Crippen molar-refractivity contribution in [3.05, 3.63) is 0 Å². The van der Waals surface area contributed by atoms with Crippen molar-refractivity contribution in [1.29, 1.82) is 0 Å². The molecule has 1 nitrogen and oxygen atoms in total. The standard InChI is InChI=1S/C12H23N/c1-2-4-8-11(7-3-1)13-12-9-5-6-10-12/h11-13H,1-10H2/p+1. The van der Waals surface area contributed by atoms with Gasteiger partial charge in [0, 0.05) is 0 Å². The molecule has 76 valence electrons. The van der Waals surface area contributed by atoms with E-state index in [4.69, 9.17) is 0 Å². The highest BCUT2D eigenvalue weighted by atomic mass is 15.0. The smallest absolute Gasteiger partial charge is 0.0861 e. The van der Waals surface area contributed by atoms with Crippen molar-refractivity contribution >= 4 is 0 Å². The van der Waals surface area contributed by atoms with Crippen LogP contribution in [0.4, 0.5) is 0 Å². The van der Waals surface area contributed by atoms with Crippen molar-refractivity contribution in [1.82, 2.24) is 0 Å². The van der Waals surface area contributed by atoms with E-state index in [1.54, 1.807) is 0 Å². The molecule has 0 heterocycles. The molecule has 0 amide bonds. The highest BCUT2D eigenvalue weighted by Gasteiger charge is 2.23. The van der Waals surface area contributed by atoms with E-state index in [1.165, 1.54) is 64.2 Å². The minimum Gasteiger partial charge on any atom is -0.341 e. The monoisotopic (exact) mass is 182 g/mol. The Kier molecular flexibility index (Phi) is 3.65. The Morgan fingerprint density at radius 1 is 0.538 bits per heavy atom. The van der Waals surface area contributed by atoms with Crippen LogP contribution in [0.1, 0.15) is 64.2 Å². The number of hydrogen-bond acceptors (Lipinski definition) is 0. The molecular formula is C12H24N+. The average Bonchev–Trinajstić information content (AvgIpc) is 2.49. The number of quaternary nitrogens is 1. The van der Waals surface area contributed by atoms with Crippen LogP contribution in [-0.4, -0.2) is 12.1 Å². The van der Waals surface area contributed by atoms with Gasteiger partial charge in [-0.2, -0.15) is 0 Å². The number of nitrogens with two attached hydrogens (primary N) is 1. The van der Waals surface area contributed by atoms with Gasteiger partial charge in [-0.15, -0.1) is 0 Å². The molecule has 0 bridgehead atoms. The largest absolute Gasteiger partial charge is 0.341 e. The Balaban J connectivity index is 1.71. The van der Waals surface area contributed by atoms with Crippen LogP contribution in [0.25, 0.3) is 0 Å². The molecule has 0 radical (unpaired) electrons. The maximum absolute atomic E-state index is 2.72. The average molecular weight is 182 g/mol. The van der Waals surface area contributed by atoms with Crippen molar-refractivity contribution in [2.75, 3.05) is 0 Å². The SMILES string of the molecule is C1CCCC([NH2+]C2CCCC2)CC1. The predicted molar refractivity (Wildman–Crippen MR) is 55.7 cm³/mol. The fourth-order valence-corrected chi connectivity index (χ4v) is 3.04. The molecule has 2 N–H and O–H groups in total. The molecule has 0 atom stereocenters. The molecule has 1 heteroatoms. The van der Waals surface area contributed by atoms with E-state index in [-0.39, 0.29) is 0 Å². The summed E-state index contributed by atoms with van der Waals surface area (Å²) in [5.41, 5.74) is 0. The topological polar surface area (TPSA) is 16.6 Å². The van der Waals surface area contributed by atoms with Gasteiger partial charge in [0.15, 0.2) is 0 Å². The van der Waals surface area contributed by atoms with Gasteiger partial charge < -0.3 is 5.32 Å². The minimum atomic E-state index is 0.991. The maximum Gasteiger partial charge on any atom is 0.0861 e. The second-order valence-electron chi connectivity index (χ2n) is 4.99. The summed E-state index contributed by atoms with van der Waals surface area (Å²) < 4.78 is 0. The van der Waals surface area contributed by atoms with Gasteiger partial charge in [-0.25, -0.2) is 0 Å². The summed E-state index contributed by atoms with van der Waals surface area (Å²) in [7, 11) is 0. The molecule has 0 aromatic carbocycles. The van der Waals surface area contributed by atoms with Gasteiger partial charge >= 0.3 is 0 Å². The third-order valence-corrected chi connectivity index (χ3v) is 3.84. The van der Waals surface area contributed by atoms with Crippen LogP contribution >= 0.6 is 0 Å². The fourth-order valence-electron chi connectivity index (χ4n) is 3.04. The van der Waals surface area contributed by atoms with Crippen molar-refractivity contribution in [2.24, 2.45) is 0 Å². The zero-order chi connectivity index (χ0) is 8.93. The van der Waals surface area contributed by atoms with Crippen LogP contribution in [0.5, 0.6) is 0 Å². The molecule has 0 spiro atoms. The van der Waals surface area contributed by atoms with E-state index in [0.29, 0.717) is 0 Å². The first-order chi connectivity index (χ1) is 6.45.